The largest absolute Gasteiger partial charge is 0.487 e. The van der Waals surface area contributed by atoms with E-state index < -0.39 is 0 Å². The topological polar surface area (TPSA) is 21.3 Å². The molecule has 4 rings (SSSR count). The van der Waals surface area contributed by atoms with Crippen molar-refractivity contribution >= 4 is 39.7 Å². The van der Waals surface area contributed by atoms with Crippen LogP contribution >= 0.6 is 23.2 Å². The van der Waals surface area contributed by atoms with Gasteiger partial charge in [0.15, 0.2) is 0 Å². The fraction of sp³-hybridized carbons (Fsp3) is 0.120. The number of fused-ring (bicyclic) bond motifs is 1. The van der Waals surface area contributed by atoms with Crippen LogP contribution in [0, 0.1) is 6.92 Å². The molecule has 0 aliphatic carbocycles. The fourth-order valence-corrected chi connectivity index (χ4v) is 3.93. The van der Waals surface area contributed by atoms with Crippen LogP contribution in [0.5, 0.6) is 5.75 Å². The molecule has 4 heteroatoms. The van der Waals surface area contributed by atoms with Crippen LogP contribution in [-0.4, -0.2) is 0 Å². The van der Waals surface area contributed by atoms with Crippen molar-refractivity contribution in [2.24, 2.45) is 0 Å². The average Bonchev–Trinajstić information content (AvgIpc) is 2.72. The van der Waals surface area contributed by atoms with Crippen LogP contribution in [0.4, 0.5) is 5.69 Å². The molecule has 4 aromatic rings. The number of benzene rings is 4. The molecule has 29 heavy (non-hydrogen) atoms. The molecule has 146 valence electrons. The summed E-state index contributed by atoms with van der Waals surface area (Å²) in [6.07, 6.45) is 0. The molecule has 0 saturated carbocycles. The van der Waals surface area contributed by atoms with Gasteiger partial charge in [-0.1, -0.05) is 83.4 Å². The van der Waals surface area contributed by atoms with Crippen molar-refractivity contribution < 1.29 is 4.74 Å². The van der Waals surface area contributed by atoms with E-state index in [0.29, 0.717) is 28.9 Å². The molecule has 0 spiro atoms. The van der Waals surface area contributed by atoms with Crippen LogP contribution in [0.3, 0.4) is 0 Å². The van der Waals surface area contributed by atoms with E-state index in [9.17, 15) is 0 Å². The number of anilines is 1. The van der Waals surface area contributed by atoms with Crippen molar-refractivity contribution in [2.75, 3.05) is 5.32 Å². The zero-order valence-corrected chi connectivity index (χ0v) is 17.6. The van der Waals surface area contributed by atoms with E-state index in [1.807, 2.05) is 24.3 Å². The Morgan fingerprint density at radius 1 is 0.828 bits per heavy atom. The molecule has 0 atom stereocenters. The van der Waals surface area contributed by atoms with Crippen LogP contribution in [0.1, 0.15) is 16.7 Å². The number of halogens is 2. The lowest BCUT2D eigenvalue weighted by atomic mass is 10.1. The summed E-state index contributed by atoms with van der Waals surface area (Å²) in [4.78, 5) is 0. The standard InChI is InChI=1S/C25H21Cl2NO/c1-17-9-11-22(12-10-17)28-15-20-13-21(26)14-24(27)25(20)29-16-19-7-4-6-18-5-2-3-8-23(18)19/h2-14,28H,15-16H2,1H3. The Bertz CT molecular complexity index is 1130. The highest BCUT2D eigenvalue weighted by Gasteiger charge is 2.12. The second-order valence-electron chi connectivity index (χ2n) is 7.02. The van der Waals surface area contributed by atoms with E-state index in [0.717, 1.165) is 16.8 Å². The summed E-state index contributed by atoms with van der Waals surface area (Å²) in [5, 5.41) is 6.89. The molecule has 0 fully saturated rings. The molecule has 0 saturated heterocycles. The van der Waals surface area contributed by atoms with Crippen LogP contribution < -0.4 is 10.1 Å². The minimum atomic E-state index is 0.431. The molecule has 0 heterocycles. The molecule has 4 aromatic carbocycles. The number of aryl methyl sites for hydroxylation is 1. The van der Waals surface area contributed by atoms with E-state index in [-0.39, 0.29) is 0 Å². The molecule has 0 amide bonds. The first kappa shape index (κ1) is 19.6. The Morgan fingerprint density at radius 3 is 2.41 bits per heavy atom. The number of hydrogen-bond acceptors (Lipinski definition) is 2. The Labute approximate surface area is 181 Å². The van der Waals surface area contributed by atoms with Crippen molar-refractivity contribution in [3.05, 3.63) is 106 Å². The van der Waals surface area contributed by atoms with Gasteiger partial charge in [0.2, 0.25) is 0 Å². The first-order valence-electron chi connectivity index (χ1n) is 9.48. The minimum Gasteiger partial charge on any atom is -0.487 e. The lowest BCUT2D eigenvalue weighted by molar-refractivity contribution is 0.305. The number of ether oxygens (including phenoxy) is 1. The van der Waals surface area contributed by atoms with Crippen molar-refractivity contribution in [2.45, 2.75) is 20.1 Å². The maximum Gasteiger partial charge on any atom is 0.143 e. The number of rotatable bonds is 6. The third kappa shape index (κ3) is 4.67. The van der Waals surface area contributed by atoms with Gasteiger partial charge in [0.1, 0.15) is 12.4 Å². The average molecular weight is 422 g/mol. The second kappa shape index (κ2) is 8.77. The van der Waals surface area contributed by atoms with Gasteiger partial charge < -0.3 is 10.1 Å². The molecule has 2 nitrogen and oxygen atoms in total. The molecular weight excluding hydrogens is 401 g/mol. The van der Waals surface area contributed by atoms with E-state index in [2.05, 4.69) is 60.8 Å². The number of hydrogen-bond donors (Lipinski definition) is 1. The van der Waals surface area contributed by atoms with Gasteiger partial charge in [-0.05, 0) is 47.5 Å². The van der Waals surface area contributed by atoms with Gasteiger partial charge >= 0.3 is 0 Å². The molecule has 0 aliphatic rings. The highest BCUT2D eigenvalue weighted by molar-refractivity contribution is 6.35. The van der Waals surface area contributed by atoms with Gasteiger partial charge in [-0.25, -0.2) is 0 Å². The van der Waals surface area contributed by atoms with Gasteiger partial charge in [-0.3, -0.25) is 0 Å². The van der Waals surface area contributed by atoms with Crippen LogP contribution in [0.25, 0.3) is 10.8 Å². The normalized spacial score (nSPS) is 10.9. The third-order valence-corrected chi connectivity index (χ3v) is 5.37. The maximum absolute atomic E-state index is 6.48. The summed E-state index contributed by atoms with van der Waals surface area (Å²) < 4.78 is 6.19. The van der Waals surface area contributed by atoms with Gasteiger partial charge in [0, 0.05) is 22.8 Å². The predicted octanol–water partition coefficient (Wildman–Crippen LogP) is 7.65. The quantitative estimate of drug-likeness (QED) is 0.345. The van der Waals surface area contributed by atoms with Crippen LogP contribution in [0.2, 0.25) is 10.0 Å². The first-order valence-corrected chi connectivity index (χ1v) is 10.2. The highest BCUT2D eigenvalue weighted by atomic mass is 35.5. The predicted molar refractivity (Wildman–Crippen MR) is 123 cm³/mol. The molecule has 0 aliphatic heterocycles. The van der Waals surface area contributed by atoms with Crippen LogP contribution in [-0.2, 0) is 13.2 Å². The number of nitrogens with one attached hydrogen (secondary N) is 1. The first-order chi connectivity index (χ1) is 14.1. The van der Waals surface area contributed by atoms with Crippen molar-refractivity contribution in [3.8, 4) is 5.75 Å². The van der Waals surface area contributed by atoms with Crippen molar-refractivity contribution in [3.63, 3.8) is 0 Å². The summed E-state index contributed by atoms with van der Waals surface area (Å²) in [5.74, 6) is 0.656. The Kier molecular flexibility index (Phi) is 5.94. The monoisotopic (exact) mass is 421 g/mol. The maximum atomic E-state index is 6.48. The second-order valence-corrected chi connectivity index (χ2v) is 7.87. The van der Waals surface area contributed by atoms with Gasteiger partial charge in [-0.2, -0.15) is 0 Å². The van der Waals surface area contributed by atoms with Gasteiger partial charge in [0.05, 0.1) is 5.02 Å². The van der Waals surface area contributed by atoms with E-state index in [1.165, 1.54) is 16.3 Å². The zero-order valence-electron chi connectivity index (χ0n) is 16.1. The summed E-state index contributed by atoms with van der Waals surface area (Å²) in [6.45, 7) is 3.06. The van der Waals surface area contributed by atoms with Crippen molar-refractivity contribution in [1.82, 2.24) is 0 Å². The van der Waals surface area contributed by atoms with E-state index in [4.69, 9.17) is 27.9 Å². The molecule has 0 radical (unpaired) electrons. The molecule has 0 aromatic heterocycles. The SMILES string of the molecule is Cc1ccc(NCc2cc(Cl)cc(Cl)c2OCc2cccc3ccccc23)cc1. The minimum absolute atomic E-state index is 0.431. The summed E-state index contributed by atoms with van der Waals surface area (Å²) >= 11 is 12.7. The smallest absolute Gasteiger partial charge is 0.143 e. The van der Waals surface area contributed by atoms with Crippen LogP contribution in [0.15, 0.2) is 78.9 Å². The summed E-state index contributed by atoms with van der Waals surface area (Å²) in [6, 6.07) is 26.4. The van der Waals surface area contributed by atoms with Gasteiger partial charge in [0.25, 0.3) is 0 Å². The zero-order chi connectivity index (χ0) is 20.2. The van der Waals surface area contributed by atoms with Gasteiger partial charge in [-0.15, -0.1) is 0 Å². The molecule has 1 N–H and O–H groups in total. The third-order valence-electron chi connectivity index (χ3n) is 4.87. The summed E-state index contributed by atoms with van der Waals surface area (Å²) in [7, 11) is 0. The molecular formula is C25H21Cl2NO. The lowest BCUT2D eigenvalue weighted by Crippen LogP contribution is -2.05. The Hall–Kier alpha value is -2.68. The molecule has 0 bridgehead atoms. The van der Waals surface area contributed by atoms with Crippen molar-refractivity contribution in [1.29, 1.82) is 0 Å². The van der Waals surface area contributed by atoms with E-state index in [1.54, 1.807) is 6.07 Å². The summed E-state index contributed by atoms with van der Waals surface area (Å²) in [5.41, 5.74) is 4.29. The fourth-order valence-electron chi connectivity index (χ4n) is 3.34. The molecule has 0 unspecified atom stereocenters. The Morgan fingerprint density at radius 2 is 1.59 bits per heavy atom. The lowest BCUT2D eigenvalue weighted by Gasteiger charge is -2.16. The van der Waals surface area contributed by atoms with E-state index >= 15 is 0 Å². The highest BCUT2D eigenvalue weighted by Crippen LogP contribution is 2.34. The Balaban J connectivity index is 1.57.